The van der Waals surface area contributed by atoms with Crippen molar-refractivity contribution in [2.75, 3.05) is 34.8 Å². The van der Waals surface area contributed by atoms with E-state index in [1.165, 1.54) is 0 Å². The topological polar surface area (TPSA) is 67.2 Å². The number of nitrogens with one attached hydrogen (secondary N) is 1. The normalized spacial score (nSPS) is 24.5. The van der Waals surface area contributed by atoms with Crippen LogP contribution in [0.3, 0.4) is 0 Å². The Balaban J connectivity index is 1.98. The van der Waals surface area contributed by atoms with Gasteiger partial charge in [-0.2, -0.15) is 5.10 Å². The lowest BCUT2D eigenvalue weighted by molar-refractivity contribution is 0.551. The number of hydrogen-bond acceptors (Lipinski definition) is 5. The van der Waals surface area contributed by atoms with E-state index in [9.17, 15) is 8.42 Å². The number of nitrogens with zero attached hydrogens (tertiary/aromatic N) is 3. The van der Waals surface area contributed by atoms with Gasteiger partial charge in [0, 0.05) is 20.1 Å². The van der Waals surface area contributed by atoms with Gasteiger partial charge in [0.15, 0.2) is 15.7 Å². The van der Waals surface area contributed by atoms with Gasteiger partial charge in [0.1, 0.15) is 5.69 Å². The monoisotopic (exact) mass is 284 g/mol. The minimum Gasteiger partial charge on any atom is -0.378 e. The van der Waals surface area contributed by atoms with Crippen LogP contribution in [-0.2, 0) is 23.3 Å². The van der Waals surface area contributed by atoms with Crippen molar-refractivity contribution in [2.45, 2.75) is 25.8 Å². The van der Waals surface area contributed by atoms with E-state index in [2.05, 4.69) is 22.2 Å². The van der Waals surface area contributed by atoms with E-state index in [1.807, 2.05) is 11.7 Å². The lowest BCUT2D eigenvalue weighted by Gasteiger charge is -2.40. The standard InChI is InChI=1S/C12H20N4O2S/c1-3-4-10-11-12(15(2)14-10)16-5-6-19(17,18)8-9(16)7-13-11/h9,13H,3-8H2,1-2H3. The quantitative estimate of drug-likeness (QED) is 0.851. The fourth-order valence-corrected chi connectivity index (χ4v) is 4.57. The van der Waals surface area contributed by atoms with Crippen LogP contribution in [0.15, 0.2) is 0 Å². The molecule has 1 N–H and O–H groups in total. The lowest BCUT2D eigenvalue weighted by Crippen LogP contribution is -2.54. The Labute approximate surface area is 113 Å². The molecule has 1 unspecified atom stereocenters. The summed E-state index contributed by atoms with van der Waals surface area (Å²) < 4.78 is 25.4. The van der Waals surface area contributed by atoms with E-state index in [0.29, 0.717) is 13.1 Å². The molecular weight excluding hydrogens is 264 g/mol. The molecule has 1 fully saturated rings. The van der Waals surface area contributed by atoms with Gasteiger partial charge in [0.2, 0.25) is 0 Å². The third-order valence-electron chi connectivity index (χ3n) is 3.89. The maximum atomic E-state index is 11.7. The highest BCUT2D eigenvalue weighted by molar-refractivity contribution is 7.91. The highest BCUT2D eigenvalue weighted by Crippen LogP contribution is 2.36. The second-order valence-electron chi connectivity index (χ2n) is 5.36. The summed E-state index contributed by atoms with van der Waals surface area (Å²) in [5.41, 5.74) is 2.19. The average Bonchev–Trinajstić information content (AvgIpc) is 2.65. The predicted molar refractivity (Wildman–Crippen MR) is 75.5 cm³/mol. The molecule has 6 nitrogen and oxygen atoms in total. The smallest absolute Gasteiger partial charge is 0.154 e. The van der Waals surface area contributed by atoms with Gasteiger partial charge < -0.3 is 10.2 Å². The van der Waals surface area contributed by atoms with Crippen molar-refractivity contribution in [2.24, 2.45) is 7.05 Å². The maximum absolute atomic E-state index is 11.7. The van der Waals surface area contributed by atoms with Crippen LogP contribution in [0.1, 0.15) is 19.0 Å². The maximum Gasteiger partial charge on any atom is 0.154 e. The molecule has 1 atom stereocenters. The number of aryl methyl sites for hydroxylation is 2. The Kier molecular flexibility index (Phi) is 2.96. The molecule has 1 aromatic heterocycles. The van der Waals surface area contributed by atoms with Crippen LogP contribution >= 0.6 is 0 Å². The van der Waals surface area contributed by atoms with E-state index < -0.39 is 9.84 Å². The van der Waals surface area contributed by atoms with Crippen molar-refractivity contribution in [1.82, 2.24) is 9.78 Å². The number of anilines is 2. The second-order valence-corrected chi connectivity index (χ2v) is 7.59. The second kappa shape index (κ2) is 4.40. The van der Waals surface area contributed by atoms with E-state index in [-0.39, 0.29) is 17.5 Å². The Morgan fingerprint density at radius 1 is 1.47 bits per heavy atom. The molecule has 7 heteroatoms. The van der Waals surface area contributed by atoms with Gasteiger partial charge in [0.05, 0.1) is 23.2 Å². The fraction of sp³-hybridized carbons (Fsp3) is 0.750. The summed E-state index contributed by atoms with van der Waals surface area (Å²) in [7, 11) is -0.948. The molecule has 0 aromatic carbocycles. The predicted octanol–water partition coefficient (Wildman–Crippen LogP) is 0.401. The van der Waals surface area contributed by atoms with Crippen LogP contribution in [0, 0.1) is 0 Å². The van der Waals surface area contributed by atoms with Crippen LogP contribution in [-0.4, -0.2) is 48.8 Å². The summed E-state index contributed by atoms with van der Waals surface area (Å²) in [6, 6.07) is 0.0381. The van der Waals surface area contributed by atoms with Crippen LogP contribution in [0.4, 0.5) is 11.5 Å². The SMILES string of the molecule is CCCc1nn(C)c2c1NCC1CS(=O)(=O)CCN21. The molecule has 0 radical (unpaired) electrons. The van der Waals surface area contributed by atoms with E-state index in [4.69, 9.17) is 0 Å². The third kappa shape index (κ3) is 2.09. The first-order chi connectivity index (χ1) is 9.02. The van der Waals surface area contributed by atoms with Gasteiger partial charge in [-0.3, -0.25) is 4.68 Å². The van der Waals surface area contributed by atoms with Gasteiger partial charge in [-0.25, -0.2) is 8.42 Å². The van der Waals surface area contributed by atoms with E-state index in [0.717, 1.165) is 30.0 Å². The van der Waals surface area contributed by atoms with Crippen molar-refractivity contribution in [3.05, 3.63) is 5.69 Å². The zero-order chi connectivity index (χ0) is 13.6. The fourth-order valence-electron chi connectivity index (χ4n) is 3.05. The highest BCUT2D eigenvalue weighted by atomic mass is 32.2. The molecule has 0 saturated carbocycles. The molecule has 0 spiro atoms. The van der Waals surface area contributed by atoms with Crippen LogP contribution in [0.2, 0.25) is 0 Å². The molecule has 0 bridgehead atoms. The minimum absolute atomic E-state index is 0.0381. The Hall–Kier alpha value is -1.24. The first-order valence-corrected chi connectivity index (χ1v) is 8.61. The molecule has 106 valence electrons. The Morgan fingerprint density at radius 3 is 3.00 bits per heavy atom. The molecule has 2 aliphatic rings. The van der Waals surface area contributed by atoms with E-state index in [1.54, 1.807) is 0 Å². The van der Waals surface area contributed by atoms with Crippen LogP contribution < -0.4 is 10.2 Å². The lowest BCUT2D eigenvalue weighted by atomic mass is 10.1. The number of aromatic nitrogens is 2. The van der Waals surface area contributed by atoms with Gasteiger partial charge >= 0.3 is 0 Å². The number of fused-ring (bicyclic) bond motifs is 3. The van der Waals surface area contributed by atoms with Crippen LogP contribution in [0.25, 0.3) is 0 Å². The molecule has 1 saturated heterocycles. The van der Waals surface area contributed by atoms with Crippen molar-refractivity contribution >= 4 is 21.3 Å². The van der Waals surface area contributed by atoms with E-state index >= 15 is 0 Å². The molecule has 19 heavy (non-hydrogen) atoms. The first kappa shape index (κ1) is 12.8. The summed E-state index contributed by atoms with van der Waals surface area (Å²) in [6.45, 7) is 3.40. The first-order valence-electron chi connectivity index (χ1n) is 6.78. The summed E-state index contributed by atoms with van der Waals surface area (Å²) in [6.07, 6.45) is 2.01. The third-order valence-corrected chi connectivity index (χ3v) is 5.59. The summed E-state index contributed by atoms with van der Waals surface area (Å²) in [5.74, 6) is 1.54. The molecule has 0 aliphatic carbocycles. The minimum atomic E-state index is -2.88. The van der Waals surface area contributed by atoms with Gasteiger partial charge in [-0.1, -0.05) is 13.3 Å². The summed E-state index contributed by atoms with van der Waals surface area (Å²) >= 11 is 0. The number of rotatable bonds is 2. The number of hydrogen-bond donors (Lipinski definition) is 1. The average molecular weight is 284 g/mol. The molecule has 3 heterocycles. The molecule has 0 amide bonds. The summed E-state index contributed by atoms with van der Waals surface area (Å²) in [4.78, 5) is 2.21. The number of sulfone groups is 1. The summed E-state index contributed by atoms with van der Waals surface area (Å²) in [5, 5.41) is 7.96. The van der Waals surface area contributed by atoms with Crippen molar-refractivity contribution < 1.29 is 8.42 Å². The van der Waals surface area contributed by atoms with Gasteiger partial charge in [-0.05, 0) is 6.42 Å². The molecule has 3 rings (SSSR count). The van der Waals surface area contributed by atoms with Crippen molar-refractivity contribution in [3.8, 4) is 0 Å². The van der Waals surface area contributed by atoms with Gasteiger partial charge in [-0.15, -0.1) is 0 Å². The Bertz CT molecular complexity index is 593. The molecule has 2 aliphatic heterocycles. The zero-order valence-electron chi connectivity index (χ0n) is 11.4. The van der Waals surface area contributed by atoms with Crippen molar-refractivity contribution in [1.29, 1.82) is 0 Å². The Morgan fingerprint density at radius 2 is 2.26 bits per heavy atom. The highest BCUT2D eigenvalue weighted by Gasteiger charge is 2.37. The molecular formula is C12H20N4O2S. The van der Waals surface area contributed by atoms with Gasteiger partial charge in [0.25, 0.3) is 0 Å². The van der Waals surface area contributed by atoms with Crippen LogP contribution in [0.5, 0.6) is 0 Å². The largest absolute Gasteiger partial charge is 0.378 e. The zero-order valence-corrected chi connectivity index (χ0v) is 12.2. The van der Waals surface area contributed by atoms with Crippen molar-refractivity contribution in [3.63, 3.8) is 0 Å². The molecule has 1 aromatic rings.